The van der Waals surface area contributed by atoms with Crippen LogP contribution in [0.4, 0.5) is 21.7 Å². The molecule has 0 aliphatic rings. The second kappa shape index (κ2) is 9.18. The predicted octanol–water partition coefficient (Wildman–Crippen LogP) is 4.08. The van der Waals surface area contributed by atoms with Gasteiger partial charge in [-0.15, -0.1) is 0 Å². The average Bonchev–Trinajstić information content (AvgIpc) is 3.20. The maximum absolute atomic E-state index is 13.2. The quantitative estimate of drug-likeness (QED) is 0.321. The van der Waals surface area contributed by atoms with Crippen LogP contribution in [0, 0.1) is 12.7 Å². The van der Waals surface area contributed by atoms with Gasteiger partial charge in [-0.2, -0.15) is 0 Å². The summed E-state index contributed by atoms with van der Waals surface area (Å²) in [7, 11) is 0. The Labute approximate surface area is 199 Å². The van der Waals surface area contributed by atoms with Crippen molar-refractivity contribution >= 4 is 28.9 Å². The fourth-order valence-corrected chi connectivity index (χ4v) is 3.71. The van der Waals surface area contributed by atoms with Gasteiger partial charge in [-0.25, -0.2) is 19.3 Å². The molecular formula is C25H21FN8O. The highest BCUT2D eigenvalue weighted by atomic mass is 19.1. The lowest BCUT2D eigenvalue weighted by Gasteiger charge is -2.10. The molecule has 2 aromatic carbocycles. The molecule has 9 nitrogen and oxygen atoms in total. The van der Waals surface area contributed by atoms with E-state index in [0.29, 0.717) is 23.7 Å². The number of aryl methyl sites for hydroxylation is 1. The van der Waals surface area contributed by atoms with E-state index in [0.717, 1.165) is 34.4 Å². The van der Waals surface area contributed by atoms with Crippen molar-refractivity contribution in [1.82, 2.24) is 24.3 Å². The smallest absolute Gasteiger partial charge is 0.255 e. The zero-order chi connectivity index (χ0) is 24.4. The SMILES string of the molecule is Cc1nc2cnccn2c1-c1ccnc(NCc2ccc(C(=O)Nc3ccc(F)cc3N)cc2)n1. The number of rotatable bonds is 6. The molecule has 0 aliphatic carbocycles. The van der Waals surface area contributed by atoms with Crippen molar-refractivity contribution < 1.29 is 9.18 Å². The molecule has 174 valence electrons. The van der Waals surface area contributed by atoms with Crippen molar-refractivity contribution in [2.24, 2.45) is 0 Å². The molecule has 4 N–H and O–H groups in total. The van der Waals surface area contributed by atoms with Crippen molar-refractivity contribution in [3.8, 4) is 11.4 Å². The van der Waals surface area contributed by atoms with Gasteiger partial charge in [-0.05, 0) is 48.9 Å². The van der Waals surface area contributed by atoms with Gasteiger partial charge in [0, 0.05) is 30.7 Å². The average molecular weight is 468 g/mol. The number of hydrogen-bond donors (Lipinski definition) is 3. The van der Waals surface area contributed by atoms with E-state index in [1.165, 1.54) is 12.1 Å². The van der Waals surface area contributed by atoms with E-state index in [-0.39, 0.29) is 11.6 Å². The molecule has 0 aliphatic heterocycles. The number of amides is 1. The predicted molar refractivity (Wildman–Crippen MR) is 131 cm³/mol. The molecule has 0 saturated carbocycles. The van der Waals surface area contributed by atoms with Gasteiger partial charge in [0.1, 0.15) is 5.82 Å². The minimum absolute atomic E-state index is 0.164. The van der Waals surface area contributed by atoms with Gasteiger partial charge in [0.25, 0.3) is 5.91 Å². The third-order valence-corrected chi connectivity index (χ3v) is 5.43. The summed E-state index contributed by atoms with van der Waals surface area (Å²) in [6.45, 7) is 2.39. The number of halogens is 1. The van der Waals surface area contributed by atoms with Gasteiger partial charge in [-0.1, -0.05) is 12.1 Å². The first-order chi connectivity index (χ1) is 17.0. The highest BCUT2D eigenvalue weighted by molar-refractivity contribution is 6.05. The Morgan fingerprint density at radius 1 is 1.09 bits per heavy atom. The first kappa shape index (κ1) is 22.0. The molecule has 3 heterocycles. The van der Waals surface area contributed by atoms with E-state index in [1.807, 2.05) is 35.7 Å². The third kappa shape index (κ3) is 4.62. The first-order valence-electron chi connectivity index (χ1n) is 10.8. The summed E-state index contributed by atoms with van der Waals surface area (Å²) >= 11 is 0. The lowest BCUT2D eigenvalue weighted by molar-refractivity contribution is 0.102. The second-order valence-corrected chi connectivity index (χ2v) is 7.85. The van der Waals surface area contributed by atoms with Gasteiger partial charge in [0.2, 0.25) is 5.95 Å². The number of aromatic nitrogens is 5. The number of hydrogen-bond acceptors (Lipinski definition) is 7. The second-order valence-electron chi connectivity index (χ2n) is 7.85. The highest BCUT2D eigenvalue weighted by Crippen LogP contribution is 2.23. The van der Waals surface area contributed by atoms with Crippen LogP contribution in [0.2, 0.25) is 0 Å². The van der Waals surface area contributed by atoms with Gasteiger partial charge in [0.05, 0.1) is 34.7 Å². The highest BCUT2D eigenvalue weighted by Gasteiger charge is 2.13. The fraction of sp³-hybridized carbons (Fsp3) is 0.0800. The molecule has 10 heteroatoms. The van der Waals surface area contributed by atoms with E-state index in [4.69, 9.17) is 5.73 Å². The zero-order valence-electron chi connectivity index (χ0n) is 18.7. The lowest BCUT2D eigenvalue weighted by Crippen LogP contribution is -2.13. The minimum atomic E-state index is -0.460. The number of nitrogens with one attached hydrogen (secondary N) is 2. The largest absolute Gasteiger partial charge is 0.397 e. The first-order valence-corrected chi connectivity index (χ1v) is 10.8. The minimum Gasteiger partial charge on any atom is -0.397 e. The number of fused-ring (bicyclic) bond motifs is 1. The molecule has 0 atom stereocenters. The zero-order valence-corrected chi connectivity index (χ0v) is 18.7. The Kier molecular flexibility index (Phi) is 5.76. The maximum Gasteiger partial charge on any atom is 0.255 e. The van der Waals surface area contributed by atoms with Gasteiger partial charge < -0.3 is 16.4 Å². The number of anilines is 3. The van der Waals surface area contributed by atoms with E-state index in [9.17, 15) is 9.18 Å². The number of carbonyl (C=O) groups is 1. The molecular weight excluding hydrogens is 447 g/mol. The van der Waals surface area contributed by atoms with Crippen LogP contribution in [0.15, 0.2) is 73.3 Å². The van der Waals surface area contributed by atoms with Crippen molar-refractivity contribution in [2.45, 2.75) is 13.5 Å². The van der Waals surface area contributed by atoms with E-state index in [1.54, 1.807) is 30.7 Å². The molecule has 0 bridgehead atoms. The summed E-state index contributed by atoms with van der Waals surface area (Å²) in [6.07, 6.45) is 6.95. The topological polar surface area (TPSA) is 123 Å². The molecule has 35 heavy (non-hydrogen) atoms. The summed E-state index contributed by atoms with van der Waals surface area (Å²) in [5, 5.41) is 5.91. The molecule has 5 aromatic rings. The Balaban J connectivity index is 1.26. The Morgan fingerprint density at radius 3 is 2.71 bits per heavy atom. The summed E-state index contributed by atoms with van der Waals surface area (Å²) in [6, 6.07) is 12.8. The van der Waals surface area contributed by atoms with Crippen LogP contribution >= 0.6 is 0 Å². The Bertz CT molecular complexity index is 1530. The van der Waals surface area contributed by atoms with Crippen molar-refractivity contribution in [3.63, 3.8) is 0 Å². The monoisotopic (exact) mass is 468 g/mol. The molecule has 0 unspecified atom stereocenters. The summed E-state index contributed by atoms with van der Waals surface area (Å²) < 4.78 is 15.1. The summed E-state index contributed by atoms with van der Waals surface area (Å²) in [4.78, 5) is 30.1. The van der Waals surface area contributed by atoms with Crippen LogP contribution in [0.5, 0.6) is 0 Å². The van der Waals surface area contributed by atoms with Gasteiger partial charge >= 0.3 is 0 Å². The number of nitrogen functional groups attached to an aromatic ring is 1. The van der Waals surface area contributed by atoms with Crippen molar-refractivity contribution in [1.29, 1.82) is 0 Å². The van der Waals surface area contributed by atoms with Crippen LogP contribution in [-0.2, 0) is 6.54 Å². The molecule has 5 rings (SSSR count). The standard InChI is InChI=1S/C25H21FN8O/c1-15-23(34-11-10-28-14-22(34)31-15)21-8-9-29-25(33-21)30-13-16-2-4-17(5-3-16)24(35)32-20-7-6-18(26)12-19(20)27/h2-12,14H,13,27H2,1H3,(H,32,35)(H,29,30,33). The molecule has 0 saturated heterocycles. The fourth-order valence-electron chi connectivity index (χ4n) is 3.71. The summed E-state index contributed by atoms with van der Waals surface area (Å²) in [5.41, 5.74) is 10.9. The van der Waals surface area contributed by atoms with E-state index in [2.05, 4.69) is 30.6 Å². The van der Waals surface area contributed by atoms with Gasteiger partial charge in [0.15, 0.2) is 5.65 Å². The van der Waals surface area contributed by atoms with Crippen LogP contribution in [0.25, 0.3) is 17.0 Å². The maximum atomic E-state index is 13.2. The van der Waals surface area contributed by atoms with E-state index >= 15 is 0 Å². The Morgan fingerprint density at radius 2 is 1.91 bits per heavy atom. The normalized spacial score (nSPS) is 10.9. The number of carbonyl (C=O) groups excluding carboxylic acids is 1. The van der Waals surface area contributed by atoms with Crippen LogP contribution < -0.4 is 16.4 Å². The third-order valence-electron chi connectivity index (χ3n) is 5.43. The van der Waals surface area contributed by atoms with Gasteiger partial charge in [-0.3, -0.25) is 14.2 Å². The van der Waals surface area contributed by atoms with E-state index < -0.39 is 5.82 Å². The Hall–Kier alpha value is -4.86. The van der Waals surface area contributed by atoms with Crippen LogP contribution in [0.1, 0.15) is 21.6 Å². The molecule has 3 aromatic heterocycles. The van der Waals surface area contributed by atoms with Crippen molar-refractivity contribution in [3.05, 3.63) is 96.0 Å². The number of imidazole rings is 1. The number of nitrogens with two attached hydrogens (primary N) is 1. The number of benzene rings is 2. The van der Waals surface area contributed by atoms with Crippen LogP contribution in [-0.4, -0.2) is 30.2 Å². The number of nitrogens with zero attached hydrogens (tertiary/aromatic N) is 5. The van der Waals surface area contributed by atoms with Crippen molar-refractivity contribution in [2.75, 3.05) is 16.4 Å². The molecule has 1 amide bonds. The molecule has 0 radical (unpaired) electrons. The summed E-state index contributed by atoms with van der Waals surface area (Å²) in [5.74, 6) is -0.324. The molecule has 0 fully saturated rings. The molecule has 0 spiro atoms. The van der Waals surface area contributed by atoms with Crippen LogP contribution in [0.3, 0.4) is 0 Å². The lowest BCUT2D eigenvalue weighted by atomic mass is 10.1.